The van der Waals surface area contributed by atoms with Crippen LogP contribution in [0.5, 0.6) is 5.75 Å². The van der Waals surface area contributed by atoms with Gasteiger partial charge in [0.1, 0.15) is 12.4 Å². The van der Waals surface area contributed by atoms with Crippen LogP contribution in [-0.4, -0.2) is 39.5 Å². The molecule has 0 heterocycles. The van der Waals surface area contributed by atoms with Crippen molar-refractivity contribution in [2.75, 3.05) is 30.5 Å². The Morgan fingerprint density at radius 2 is 2.12 bits per heavy atom. The van der Waals surface area contributed by atoms with E-state index in [4.69, 9.17) is 10.5 Å². The zero-order chi connectivity index (χ0) is 16.9. The van der Waals surface area contributed by atoms with Crippen LogP contribution < -0.4 is 15.8 Å². The van der Waals surface area contributed by atoms with Gasteiger partial charge in [0.15, 0.2) is 9.84 Å². The van der Waals surface area contributed by atoms with E-state index in [1.165, 1.54) is 6.26 Å². The predicted octanol–water partition coefficient (Wildman–Crippen LogP) is 1.85. The number of halogens is 1. The van der Waals surface area contributed by atoms with Gasteiger partial charge in [0, 0.05) is 23.9 Å². The number of ether oxygens (including phenoxy) is 1. The number of benzene rings is 1. The topological polar surface area (TPSA) is 98.5 Å². The summed E-state index contributed by atoms with van der Waals surface area (Å²) in [5, 5.41) is 2.90. The highest BCUT2D eigenvalue weighted by Crippen LogP contribution is 2.32. The molecule has 24 heavy (non-hydrogen) atoms. The number of amides is 1. The van der Waals surface area contributed by atoms with Gasteiger partial charge in [-0.05, 0) is 37.4 Å². The number of hydrogen-bond acceptors (Lipinski definition) is 5. The van der Waals surface area contributed by atoms with Crippen molar-refractivity contribution >= 4 is 33.8 Å². The predicted molar refractivity (Wildman–Crippen MR) is 97.4 cm³/mol. The van der Waals surface area contributed by atoms with Crippen LogP contribution in [0, 0.1) is 11.8 Å². The molecule has 0 saturated heterocycles. The first kappa shape index (κ1) is 20.7. The summed E-state index contributed by atoms with van der Waals surface area (Å²) in [5.41, 5.74) is 6.37. The van der Waals surface area contributed by atoms with E-state index in [0.717, 1.165) is 19.3 Å². The molecule has 1 aliphatic carbocycles. The quantitative estimate of drug-likeness (QED) is 0.756. The molecule has 1 saturated carbocycles. The van der Waals surface area contributed by atoms with Crippen molar-refractivity contribution in [2.45, 2.75) is 19.3 Å². The van der Waals surface area contributed by atoms with E-state index >= 15 is 0 Å². The van der Waals surface area contributed by atoms with E-state index in [2.05, 4.69) is 5.32 Å². The number of carbonyl (C=O) groups is 1. The Labute approximate surface area is 149 Å². The molecule has 2 rings (SSSR count). The van der Waals surface area contributed by atoms with Gasteiger partial charge in [0.25, 0.3) is 0 Å². The average Bonchev–Trinajstić information content (AvgIpc) is 2.95. The highest BCUT2D eigenvalue weighted by atomic mass is 35.5. The minimum Gasteiger partial charge on any atom is -0.492 e. The third-order valence-electron chi connectivity index (χ3n) is 4.12. The summed E-state index contributed by atoms with van der Waals surface area (Å²) < 4.78 is 27.6. The highest BCUT2D eigenvalue weighted by Gasteiger charge is 2.31. The molecule has 0 spiro atoms. The first-order valence-corrected chi connectivity index (χ1v) is 9.86. The summed E-state index contributed by atoms with van der Waals surface area (Å²) in [6.45, 7) is 0.626. The van der Waals surface area contributed by atoms with Gasteiger partial charge in [0.05, 0.1) is 5.75 Å². The summed E-state index contributed by atoms with van der Waals surface area (Å²) in [6.07, 6.45) is 4.08. The molecule has 0 radical (unpaired) electrons. The van der Waals surface area contributed by atoms with Gasteiger partial charge in [-0.25, -0.2) is 8.42 Å². The van der Waals surface area contributed by atoms with Crippen molar-refractivity contribution < 1.29 is 17.9 Å². The third-order valence-corrected chi connectivity index (χ3v) is 5.03. The van der Waals surface area contributed by atoms with Gasteiger partial charge < -0.3 is 15.8 Å². The monoisotopic (exact) mass is 376 g/mol. The molecular weight excluding hydrogens is 352 g/mol. The fraction of sp³-hybridized carbons (Fsp3) is 0.562. The lowest BCUT2D eigenvalue weighted by Crippen LogP contribution is -2.29. The Kier molecular flexibility index (Phi) is 7.99. The van der Waals surface area contributed by atoms with E-state index in [9.17, 15) is 13.2 Å². The molecule has 136 valence electrons. The number of rotatable bonds is 7. The molecule has 1 aromatic carbocycles. The average molecular weight is 377 g/mol. The molecule has 1 aromatic rings. The third kappa shape index (κ3) is 6.30. The van der Waals surface area contributed by atoms with Crippen molar-refractivity contribution in [3.63, 3.8) is 0 Å². The fourth-order valence-corrected chi connectivity index (χ4v) is 3.26. The zero-order valence-electron chi connectivity index (χ0n) is 13.7. The van der Waals surface area contributed by atoms with Gasteiger partial charge in [-0.1, -0.05) is 12.5 Å². The summed E-state index contributed by atoms with van der Waals surface area (Å²) in [4.78, 5) is 12.4. The lowest BCUT2D eigenvalue weighted by atomic mass is 9.95. The maximum Gasteiger partial charge on any atom is 0.227 e. The molecule has 0 bridgehead atoms. The van der Waals surface area contributed by atoms with Gasteiger partial charge in [-0.15, -0.1) is 12.4 Å². The molecule has 0 aromatic heterocycles. The van der Waals surface area contributed by atoms with Crippen LogP contribution >= 0.6 is 12.4 Å². The van der Waals surface area contributed by atoms with Crippen LogP contribution in [0.2, 0.25) is 0 Å². The zero-order valence-corrected chi connectivity index (χ0v) is 15.4. The molecule has 3 N–H and O–H groups in total. The van der Waals surface area contributed by atoms with Gasteiger partial charge in [0.2, 0.25) is 5.91 Å². The number of carbonyl (C=O) groups excluding carboxylic acids is 1. The lowest BCUT2D eigenvalue weighted by molar-refractivity contribution is -0.120. The van der Waals surface area contributed by atoms with Crippen LogP contribution in [0.1, 0.15) is 19.3 Å². The maximum absolute atomic E-state index is 12.4. The van der Waals surface area contributed by atoms with E-state index in [-0.39, 0.29) is 42.5 Å². The smallest absolute Gasteiger partial charge is 0.227 e. The van der Waals surface area contributed by atoms with Crippen molar-refractivity contribution in [2.24, 2.45) is 17.6 Å². The first-order chi connectivity index (χ1) is 10.9. The Hall–Kier alpha value is -1.31. The number of anilines is 1. The lowest BCUT2D eigenvalue weighted by Gasteiger charge is -2.17. The second-order valence-electron chi connectivity index (χ2n) is 6.03. The maximum atomic E-state index is 12.4. The van der Waals surface area contributed by atoms with Crippen molar-refractivity contribution in [3.8, 4) is 5.75 Å². The van der Waals surface area contributed by atoms with E-state index in [1.54, 1.807) is 24.3 Å². The Morgan fingerprint density at radius 3 is 2.79 bits per heavy atom. The van der Waals surface area contributed by atoms with Crippen molar-refractivity contribution in [1.29, 1.82) is 0 Å². The van der Waals surface area contributed by atoms with Crippen LogP contribution in [0.25, 0.3) is 0 Å². The molecule has 1 aliphatic rings. The van der Waals surface area contributed by atoms with Crippen molar-refractivity contribution in [3.05, 3.63) is 24.3 Å². The Morgan fingerprint density at radius 1 is 1.38 bits per heavy atom. The molecule has 8 heteroatoms. The molecule has 0 unspecified atom stereocenters. The highest BCUT2D eigenvalue weighted by molar-refractivity contribution is 7.90. The second kappa shape index (κ2) is 9.25. The van der Waals surface area contributed by atoms with Crippen LogP contribution in [0.4, 0.5) is 5.69 Å². The molecule has 6 nitrogen and oxygen atoms in total. The molecule has 1 fully saturated rings. The van der Waals surface area contributed by atoms with E-state index < -0.39 is 9.84 Å². The number of sulfone groups is 1. The van der Waals surface area contributed by atoms with E-state index in [0.29, 0.717) is 18.0 Å². The fourth-order valence-electron chi connectivity index (χ4n) is 2.87. The summed E-state index contributed by atoms with van der Waals surface area (Å²) in [5.74, 6) is 0.711. The SMILES string of the molecule is CS(=O)(=O)CCOc1cccc(NC(=O)[C@@H]2CCC[C@@H]2CN)c1.Cl. The van der Waals surface area contributed by atoms with Gasteiger partial charge in [-0.2, -0.15) is 0 Å². The molecule has 1 amide bonds. The summed E-state index contributed by atoms with van der Waals surface area (Å²) in [7, 11) is -3.05. The van der Waals surface area contributed by atoms with Gasteiger partial charge >= 0.3 is 0 Å². The van der Waals surface area contributed by atoms with Gasteiger partial charge in [-0.3, -0.25) is 4.79 Å². The molecular formula is C16H25ClN2O4S. The molecule has 0 aliphatic heterocycles. The largest absolute Gasteiger partial charge is 0.492 e. The van der Waals surface area contributed by atoms with Crippen LogP contribution in [0.15, 0.2) is 24.3 Å². The normalized spacial score (nSPS) is 20.2. The van der Waals surface area contributed by atoms with Crippen molar-refractivity contribution in [1.82, 2.24) is 0 Å². The van der Waals surface area contributed by atoms with E-state index in [1.807, 2.05) is 0 Å². The number of nitrogens with one attached hydrogen (secondary N) is 1. The number of nitrogens with two attached hydrogens (primary N) is 1. The minimum absolute atomic E-state index is 0. The Balaban J connectivity index is 0.00000288. The Bertz CT molecular complexity index is 651. The minimum atomic E-state index is -3.05. The molecule has 2 atom stereocenters. The number of hydrogen-bond donors (Lipinski definition) is 2. The summed E-state index contributed by atoms with van der Waals surface area (Å²) in [6, 6.07) is 6.98. The van der Waals surface area contributed by atoms with Crippen LogP contribution in [0.3, 0.4) is 0 Å². The first-order valence-electron chi connectivity index (χ1n) is 7.80. The summed E-state index contributed by atoms with van der Waals surface area (Å²) >= 11 is 0. The standard InChI is InChI=1S/C16H24N2O4S.ClH/c1-23(20,21)9-8-22-14-6-3-5-13(10-14)18-16(19)15-7-2-4-12(15)11-17;/h3,5-6,10,12,15H,2,4,7-9,11,17H2,1H3,(H,18,19);1H/t12-,15-;/m1./s1. The second-order valence-corrected chi connectivity index (χ2v) is 8.29. The van der Waals surface area contributed by atoms with Crippen LogP contribution in [-0.2, 0) is 14.6 Å².